The maximum absolute atomic E-state index is 5.61. The van der Waals surface area contributed by atoms with Gasteiger partial charge in [-0.1, -0.05) is 18.2 Å². The molecular formula is C17H20N4OS. The second-order valence-electron chi connectivity index (χ2n) is 5.15. The minimum atomic E-state index is 0.174. The Labute approximate surface area is 141 Å². The standard InChI is InChI=1S/C17H20N4OS/c1-13(2)22-16-7-5-14(6-8-16)11-19-17(23)21-20-12-15-4-3-9-18-10-15/h3-10,12-13H,11H2,1-2H3,(H2,19,21,23)/b20-12-. The summed E-state index contributed by atoms with van der Waals surface area (Å²) in [6, 6.07) is 11.7. The SMILES string of the molecule is CC(C)Oc1ccc(CNC(=S)N/N=C\c2cccnc2)cc1. The topological polar surface area (TPSA) is 58.5 Å². The summed E-state index contributed by atoms with van der Waals surface area (Å²) in [5.74, 6) is 0.866. The van der Waals surface area contributed by atoms with Crippen LogP contribution in [0.5, 0.6) is 5.75 Å². The lowest BCUT2D eigenvalue weighted by molar-refractivity contribution is 0.242. The van der Waals surface area contributed by atoms with E-state index in [1.165, 1.54) is 0 Å². The third kappa shape index (κ3) is 6.44. The number of aromatic nitrogens is 1. The van der Waals surface area contributed by atoms with Crippen LogP contribution in [0.1, 0.15) is 25.0 Å². The summed E-state index contributed by atoms with van der Waals surface area (Å²) in [4.78, 5) is 4.01. The highest BCUT2D eigenvalue weighted by atomic mass is 32.1. The smallest absolute Gasteiger partial charge is 0.187 e. The zero-order chi connectivity index (χ0) is 16.5. The second kappa shape index (κ2) is 8.85. The molecule has 0 amide bonds. The van der Waals surface area contributed by atoms with Crippen molar-refractivity contribution in [1.29, 1.82) is 0 Å². The normalized spacial score (nSPS) is 10.7. The third-order valence-electron chi connectivity index (χ3n) is 2.81. The Morgan fingerprint density at radius 2 is 2.09 bits per heavy atom. The van der Waals surface area contributed by atoms with Crippen molar-refractivity contribution in [2.45, 2.75) is 26.5 Å². The van der Waals surface area contributed by atoms with Crippen LogP contribution in [0.2, 0.25) is 0 Å². The van der Waals surface area contributed by atoms with Crippen LogP contribution in [0.3, 0.4) is 0 Å². The fraction of sp³-hybridized carbons (Fsp3) is 0.235. The summed E-state index contributed by atoms with van der Waals surface area (Å²) in [5.41, 5.74) is 4.79. The van der Waals surface area contributed by atoms with Gasteiger partial charge in [-0.2, -0.15) is 5.10 Å². The van der Waals surface area contributed by atoms with Gasteiger partial charge in [-0.15, -0.1) is 0 Å². The first-order valence-corrected chi connectivity index (χ1v) is 7.77. The predicted octanol–water partition coefficient (Wildman–Crippen LogP) is 2.87. The molecule has 0 atom stereocenters. The van der Waals surface area contributed by atoms with Gasteiger partial charge >= 0.3 is 0 Å². The average molecular weight is 328 g/mol. The maximum Gasteiger partial charge on any atom is 0.187 e. The lowest BCUT2D eigenvalue weighted by atomic mass is 10.2. The number of nitrogens with one attached hydrogen (secondary N) is 2. The molecule has 1 aromatic heterocycles. The zero-order valence-corrected chi connectivity index (χ0v) is 14.0. The molecule has 1 aromatic carbocycles. The molecule has 120 valence electrons. The number of nitrogens with zero attached hydrogens (tertiary/aromatic N) is 2. The molecule has 0 spiro atoms. The number of hydrazone groups is 1. The van der Waals surface area contributed by atoms with Crippen molar-refractivity contribution in [3.8, 4) is 5.75 Å². The largest absolute Gasteiger partial charge is 0.491 e. The van der Waals surface area contributed by atoms with Gasteiger partial charge in [-0.25, -0.2) is 0 Å². The number of hydrogen-bond acceptors (Lipinski definition) is 4. The number of ether oxygens (including phenoxy) is 1. The summed E-state index contributed by atoms with van der Waals surface area (Å²) in [6.07, 6.45) is 5.28. The van der Waals surface area contributed by atoms with E-state index in [9.17, 15) is 0 Å². The summed E-state index contributed by atoms with van der Waals surface area (Å²) in [6.45, 7) is 4.63. The van der Waals surface area contributed by atoms with Gasteiger partial charge in [0.25, 0.3) is 0 Å². The van der Waals surface area contributed by atoms with Crippen LogP contribution in [0, 0.1) is 0 Å². The van der Waals surface area contributed by atoms with Crippen molar-refractivity contribution in [1.82, 2.24) is 15.7 Å². The van der Waals surface area contributed by atoms with Crippen molar-refractivity contribution in [2.24, 2.45) is 5.10 Å². The van der Waals surface area contributed by atoms with Crippen molar-refractivity contribution in [3.05, 3.63) is 59.9 Å². The molecule has 2 rings (SSSR count). The van der Waals surface area contributed by atoms with E-state index in [0.717, 1.165) is 16.9 Å². The van der Waals surface area contributed by atoms with Gasteiger partial charge in [0.15, 0.2) is 5.11 Å². The molecule has 0 unspecified atom stereocenters. The fourth-order valence-corrected chi connectivity index (χ4v) is 1.92. The molecule has 0 radical (unpaired) electrons. The molecule has 23 heavy (non-hydrogen) atoms. The second-order valence-corrected chi connectivity index (χ2v) is 5.56. The van der Waals surface area contributed by atoms with Gasteiger partial charge in [0.2, 0.25) is 0 Å². The van der Waals surface area contributed by atoms with Crippen LogP contribution in [0.15, 0.2) is 53.9 Å². The van der Waals surface area contributed by atoms with Crippen molar-refractivity contribution >= 4 is 23.5 Å². The molecule has 0 saturated carbocycles. The number of hydrogen-bond donors (Lipinski definition) is 2. The van der Waals surface area contributed by atoms with Gasteiger partial charge in [0.05, 0.1) is 12.3 Å². The first-order chi connectivity index (χ1) is 11.1. The van der Waals surface area contributed by atoms with Crippen LogP contribution in [0.25, 0.3) is 0 Å². The molecule has 0 aliphatic heterocycles. The Hall–Kier alpha value is -2.47. The molecule has 0 aliphatic carbocycles. The van der Waals surface area contributed by atoms with Crippen molar-refractivity contribution in [2.75, 3.05) is 0 Å². The fourth-order valence-electron chi connectivity index (χ4n) is 1.80. The van der Waals surface area contributed by atoms with Crippen LogP contribution in [0.4, 0.5) is 0 Å². The summed E-state index contributed by atoms with van der Waals surface area (Å²) in [5, 5.41) is 7.62. The van der Waals surface area contributed by atoms with Gasteiger partial charge in [-0.05, 0) is 49.8 Å². The first kappa shape index (κ1) is 16.9. The maximum atomic E-state index is 5.61. The Morgan fingerprint density at radius 3 is 2.74 bits per heavy atom. The molecule has 0 bridgehead atoms. The molecule has 6 heteroatoms. The van der Waals surface area contributed by atoms with E-state index in [2.05, 4.69) is 20.8 Å². The van der Waals surface area contributed by atoms with Crippen LogP contribution in [-0.4, -0.2) is 22.4 Å². The highest BCUT2D eigenvalue weighted by Gasteiger charge is 1.99. The number of thiocarbonyl (C=S) groups is 1. The van der Waals surface area contributed by atoms with Gasteiger partial charge in [0.1, 0.15) is 5.75 Å². The average Bonchev–Trinajstić information content (AvgIpc) is 2.55. The summed E-state index contributed by atoms with van der Waals surface area (Å²) >= 11 is 5.18. The molecule has 0 fully saturated rings. The Morgan fingerprint density at radius 1 is 1.30 bits per heavy atom. The molecule has 0 aliphatic rings. The summed E-state index contributed by atoms with van der Waals surface area (Å²) < 4.78 is 5.61. The number of rotatable bonds is 6. The highest BCUT2D eigenvalue weighted by molar-refractivity contribution is 7.80. The van der Waals surface area contributed by atoms with Gasteiger partial charge in [0, 0.05) is 24.5 Å². The van der Waals surface area contributed by atoms with E-state index in [0.29, 0.717) is 11.7 Å². The highest BCUT2D eigenvalue weighted by Crippen LogP contribution is 2.13. The molecule has 1 heterocycles. The van der Waals surface area contributed by atoms with Crippen molar-refractivity contribution < 1.29 is 4.74 Å². The molecule has 5 nitrogen and oxygen atoms in total. The van der Waals surface area contributed by atoms with E-state index in [1.54, 1.807) is 18.6 Å². The molecule has 2 aromatic rings. The molecule has 2 N–H and O–H groups in total. The van der Waals surface area contributed by atoms with Crippen LogP contribution < -0.4 is 15.5 Å². The van der Waals surface area contributed by atoms with E-state index in [4.69, 9.17) is 17.0 Å². The zero-order valence-electron chi connectivity index (χ0n) is 13.2. The molecular weight excluding hydrogens is 308 g/mol. The first-order valence-electron chi connectivity index (χ1n) is 7.36. The van der Waals surface area contributed by atoms with Crippen LogP contribution in [-0.2, 0) is 6.54 Å². The quantitative estimate of drug-likeness (QED) is 0.485. The Balaban J connectivity index is 1.75. The predicted molar refractivity (Wildman–Crippen MR) is 96.6 cm³/mol. The number of benzene rings is 1. The van der Waals surface area contributed by atoms with Crippen LogP contribution >= 0.6 is 12.2 Å². The van der Waals surface area contributed by atoms with E-state index in [-0.39, 0.29) is 6.10 Å². The molecule has 0 saturated heterocycles. The monoisotopic (exact) mass is 328 g/mol. The minimum absolute atomic E-state index is 0.174. The van der Waals surface area contributed by atoms with E-state index >= 15 is 0 Å². The third-order valence-corrected chi connectivity index (χ3v) is 3.05. The van der Waals surface area contributed by atoms with E-state index < -0.39 is 0 Å². The Bertz CT molecular complexity index is 641. The summed E-state index contributed by atoms with van der Waals surface area (Å²) in [7, 11) is 0. The van der Waals surface area contributed by atoms with Gasteiger partial charge in [-0.3, -0.25) is 10.4 Å². The Kier molecular flexibility index (Phi) is 6.50. The lowest BCUT2D eigenvalue weighted by Crippen LogP contribution is -2.31. The minimum Gasteiger partial charge on any atom is -0.491 e. The van der Waals surface area contributed by atoms with Gasteiger partial charge < -0.3 is 10.1 Å². The number of pyridine rings is 1. The lowest BCUT2D eigenvalue weighted by Gasteiger charge is -2.11. The van der Waals surface area contributed by atoms with E-state index in [1.807, 2.05) is 50.2 Å². The van der Waals surface area contributed by atoms with Crippen molar-refractivity contribution in [3.63, 3.8) is 0 Å².